The van der Waals surface area contributed by atoms with Crippen molar-refractivity contribution >= 4 is 33.7 Å². The topological polar surface area (TPSA) is 120 Å². The van der Waals surface area contributed by atoms with Crippen LogP contribution in [0.5, 0.6) is 5.75 Å². The van der Waals surface area contributed by atoms with Gasteiger partial charge in [0.15, 0.2) is 11.6 Å². The molecule has 1 aliphatic heterocycles. The predicted molar refractivity (Wildman–Crippen MR) is 135 cm³/mol. The van der Waals surface area contributed by atoms with Crippen molar-refractivity contribution < 1.29 is 28.9 Å². The lowest BCUT2D eigenvalue weighted by Gasteiger charge is -2.29. The maximum Gasteiger partial charge on any atom is 0.306 e. The molecule has 0 aromatic heterocycles. The number of esters is 1. The highest BCUT2D eigenvalue weighted by Gasteiger charge is 2.52. The molecule has 2 aromatic rings. The first-order valence-corrected chi connectivity index (χ1v) is 12.2. The molecule has 0 saturated carbocycles. The van der Waals surface area contributed by atoms with Crippen molar-refractivity contribution in [1.82, 2.24) is 0 Å². The van der Waals surface area contributed by atoms with Gasteiger partial charge in [0.1, 0.15) is 11.4 Å². The van der Waals surface area contributed by atoms with Gasteiger partial charge in [-0.3, -0.25) is 9.59 Å². The summed E-state index contributed by atoms with van der Waals surface area (Å²) in [4.78, 5) is 30.1. The van der Waals surface area contributed by atoms with Crippen molar-refractivity contribution in [2.24, 2.45) is 10.7 Å². The smallest absolute Gasteiger partial charge is 0.306 e. The number of halogens is 1. The minimum atomic E-state index is -1.51. The molecule has 0 unspecified atom stereocenters. The molecule has 0 radical (unpaired) electrons. The van der Waals surface area contributed by atoms with Crippen LogP contribution >= 0.6 is 15.9 Å². The minimum Gasteiger partial charge on any atom is -0.494 e. The summed E-state index contributed by atoms with van der Waals surface area (Å²) in [6.45, 7) is 5.80. The molecule has 3 rings (SSSR count). The second-order valence-corrected chi connectivity index (χ2v) is 10.1. The monoisotopic (exact) mass is 546 g/mol. The lowest BCUT2D eigenvalue weighted by atomic mass is 9.83. The predicted octanol–water partition coefficient (Wildman–Crippen LogP) is 4.07. The van der Waals surface area contributed by atoms with Gasteiger partial charge < -0.3 is 25.1 Å². The van der Waals surface area contributed by atoms with Crippen LogP contribution < -0.4 is 10.5 Å². The molecule has 0 fully saturated rings. The fraction of sp³-hybridized carbons (Fsp3) is 0.423. The van der Waals surface area contributed by atoms with Gasteiger partial charge in [0.25, 0.3) is 0 Å². The Bertz CT molecular complexity index is 1080. The molecule has 1 aliphatic rings. The summed E-state index contributed by atoms with van der Waals surface area (Å²) in [6, 6.07) is 14.4. The number of hydrogen-bond acceptors (Lipinski definition) is 7. The van der Waals surface area contributed by atoms with Gasteiger partial charge in [-0.2, -0.15) is 0 Å². The fourth-order valence-electron chi connectivity index (χ4n) is 3.74. The average molecular weight is 547 g/mol. The van der Waals surface area contributed by atoms with Gasteiger partial charge in [0.2, 0.25) is 11.8 Å². The van der Waals surface area contributed by atoms with Crippen LogP contribution in [0.25, 0.3) is 0 Å². The Morgan fingerprint density at radius 2 is 1.86 bits per heavy atom. The first-order valence-electron chi connectivity index (χ1n) is 11.4. The summed E-state index contributed by atoms with van der Waals surface area (Å²) < 4.78 is 18.0. The maximum atomic E-state index is 12.9. The molecule has 9 heteroatoms. The fourth-order valence-corrected chi connectivity index (χ4v) is 4.24. The molecule has 8 nitrogen and oxygen atoms in total. The normalized spacial score (nSPS) is 19.6. The van der Waals surface area contributed by atoms with Gasteiger partial charge in [-0.15, -0.1) is 0 Å². The quantitative estimate of drug-likeness (QED) is 0.342. The number of aliphatic hydroxyl groups is 1. The van der Waals surface area contributed by atoms with Crippen molar-refractivity contribution in [1.29, 1.82) is 0 Å². The van der Waals surface area contributed by atoms with E-state index >= 15 is 0 Å². The molecule has 0 aliphatic carbocycles. The van der Waals surface area contributed by atoms with Gasteiger partial charge in [-0.05, 0) is 57.5 Å². The van der Waals surface area contributed by atoms with Crippen LogP contribution in [-0.4, -0.2) is 47.2 Å². The Kier molecular flexibility index (Phi) is 8.56. The molecule has 0 saturated heterocycles. The Labute approximate surface area is 213 Å². The summed E-state index contributed by atoms with van der Waals surface area (Å²) in [6.07, 6.45) is -0.341. The van der Waals surface area contributed by atoms with Crippen LogP contribution in [0.4, 0.5) is 0 Å². The van der Waals surface area contributed by atoms with Gasteiger partial charge in [-0.25, -0.2) is 4.99 Å². The molecule has 2 aromatic carbocycles. The highest BCUT2D eigenvalue weighted by atomic mass is 79.9. The van der Waals surface area contributed by atoms with E-state index in [4.69, 9.17) is 25.1 Å². The van der Waals surface area contributed by atoms with E-state index in [0.29, 0.717) is 29.9 Å². The number of rotatable bonds is 10. The second-order valence-electron chi connectivity index (χ2n) is 9.26. The number of nitrogens with zero attached hydrogens (tertiary/aromatic N) is 1. The van der Waals surface area contributed by atoms with Crippen molar-refractivity contribution in [2.75, 3.05) is 13.2 Å². The van der Waals surface area contributed by atoms with Crippen LogP contribution in [-0.2, 0) is 19.1 Å². The van der Waals surface area contributed by atoms with E-state index in [9.17, 15) is 9.59 Å². The van der Waals surface area contributed by atoms with E-state index in [-0.39, 0.29) is 25.3 Å². The second kappa shape index (κ2) is 11.2. The maximum absolute atomic E-state index is 12.9. The molecule has 0 spiro atoms. The molecule has 188 valence electrons. The highest BCUT2D eigenvalue weighted by Crippen LogP contribution is 2.45. The van der Waals surface area contributed by atoms with E-state index < -0.39 is 29.1 Å². The first-order chi connectivity index (χ1) is 16.6. The van der Waals surface area contributed by atoms with E-state index in [0.717, 1.165) is 4.47 Å². The Hall–Kier alpha value is -2.91. The van der Waals surface area contributed by atoms with Gasteiger partial charge in [0.05, 0.1) is 6.61 Å². The number of ether oxygens (including phenoxy) is 3. The number of carbonyl (C=O) groups is 2. The number of amides is 1. The lowest BCUT2D eigenvalue weighted by Crippen LogP contribution is -2.46. The zero-order chi connectivity index (χ0) is 25.6. The number of aliphatic imine (C=N–C) groups is 1. The number of hydrogen-bond donors (Lipinski definition) is 2. The summed E-state index contributed by atoms with van der Waals surface area (Å²) in [5.74, 6) is -0.261. The van der Waals surface area contributed by atoms with Crippen molar-refractivity contribution in [3.63, 3.8) is 0 Å². The number of nitrogens with two attached hydrogens (primary N) is 1. The molecule has 0 bridgehead atoms. The van der Waals surface area contributed by atoms with E-state index in [1.54, 1.807) is 45.0 Å². The van der Waals surface area contributed by atoms with Crippen molar-refractivity contribution in [3.8, 4) is 5.75 Å². The van der Waals surface area contributed by atoms with Crippen LogP contribution in [0.2, 0.25) is 0 Å². The van der Waals surface area contributed by atoms with Crippen LogP contribution in [0.15, 0.2) is 58.0 Å². The summed E-state index contributed by atoms with van der Waals surface area (Å²) >= 11 is 3.53. The van der Waals surface area contributed by atoms with Gasteiger partial charge in [0, 0.05) is 35.0 Å². The Morgan fingerprint density at radius 1 is 1.17 bits per heavy atom. The Morgan fingerprint density at radius 3 is 2.46 bits per heavy atom. The number of benzene rings is 2. The van der Waals surface area contributed by atoms with E-state index in [2.05, 4.69) is 20.9 Å². The van der Waals surface area contributed by atoms with E-state index in [1.165, 1.54) is 0 Å². The highest BCUT2D eigenvalue weighted by molar-refractivity contribution is 9.10. The van der Waals surface area contributed by atoms with Gasteiger partial charge >= 0.3 is 5.97 Å². The lowest BCUT2D eigenvalue weighted by molar-refractivity contribution is -0.155. The minimum absolute atomic E-state index is 0.0229. The summed E-state index contributed by atoms with van der Waals surface area (Å²) in [5, 5.41) is 8.92. The number of aliphatic hydroxyl groups excluding tert-OH is 1. The third-order valence-corrected chi connectivity index (χ3v) is 6.10. The third kappa shape index (κ3) is 6.61. The molecule has 1 heterocycles. The first kappa shape index (κ1) is 26.7. The molecule has 1 amide bonds. The van der Waals surface area contributed by atoms with E-state index in [1.807, 2.05) is 24.3 Å². The molecular formula is C26H31BrN2O6. The van der Waals surface area contributed by atoms with Crippen LogP contribution in [0, 0.1) is 0 Å². The number of carbonyl (C=O) groups excluding carboxylic acids is 2. The zero-order valence-electron chi connectivity index (χ0n) is 20.1. The van der Waals surface area contributed by atoms with Crippen molar-refractivity contribution in [2.45, 2.75) is 57.3 Å². The van der Waals surface area contributed by atoms with Crippen molar-refractivity contribution in [3.05, 3.63) is 64.1 Å². The molecule has 3 N–H and O–H groups in total. The number of primary amides is 1. The third-order valence-electron chi connectivity index (χ3n) is 5.38. The van der Waals surface area contributed by atoms with Crippen LogP contribution in [0.1, 0.15) is 57.3 Å². The molecule has 2 atom stereocenters. The van der Waals surface area contributed by atoms with Crippen LogP contribution in [0.3, 0.4) is 0 Å². The average Bonchev–Trinajstić information content (AvgIpc) is 3.18. The molecule has 35 heavy (non-hydrogen) atoms. The summed E-state index contributed by atoms with van der Waals surface area (Å²) in [7, 11) is 0. The largest absolute Gasteiger partial charge is 0.494 e. The Balaban J connectivity index is 1.95. The molecular weight excluding hydrogens is 516 g/mol. The summed E-state index contributed by atoms with van der Waals surface area (Å²) in [5.41, 5.74) is 5.09. The zero-order valence-corrected chi connectivity index (χ0v) is 21.7. The standard InChI is InChI=1S/C26H31BrN2O6/c1-25(2,3)35-21(31)13-14-26(24(28)32)22(19-7-4-5-8-20(19)27)34-23(29-26)17-9-11-18(12-10-17)33-16-6-15-30/h4-5,7-12,22,30H,6,13-16H2,1-3H3,(H2,28,32)/t22-,26-/m1/s1. The SMILES string of the molecule is CC(C)(C)OC(=O)CC[C@@]1(C(N)=O)N=C(c2ccc(OCCCO)cc2)O[C@@H]1c1ccccc1Br. The van der Waals surface area contributed by atoms with Gasteiger partial charge in [-0.1, -0.05) is 34.1 Å².